The van der Waals surface area contributed by atoms with Gasteiger partial charge in [0.25, 0.3) is 0 Å². The van der Waals surface area contributed by atoms with Crippen molar-refractivity contribution in [3.8, 4) is 22.5 Å². The van der Waals surface area contributed by atoms with Crippen LogP contribution in [0.4, 0.5) is 0 Å². The Morgan fingerprint density at radius 1 is 0.618 bits per heavy atom. The van der Waals surface area contributed by atoms with Gasteiger partial charge in [0.1, 0.15) is 47.4 Å². The van der Waals surface area contributed by atoms with Crippen LogP contribution in [0.2, 0.25) is 51.4 Å². The summed E-state index contributed by atoms with van der Waals surface area (Å²) in [4.78, 5) is 29.5. The third-order valence-corrected chi connectivity index (χ3v) is 14.8. The first-order chi connectivity index (χ1) is 32.8. The Kier molecular flexibility index (Phi) is 13.4. The summed E-state index contributed by atoms with van der Waals surface area (Å²) in [6.07, 6.45) is 19.8. The number of aldehydes is 1. The van der Waals surface area contributed by atoms with Gasteiger partial charge in [0.15, 0.2) is 6.29 Å². The molecule has 0 amide bonds. The van der Waals surface area contributed by atoms with Crippen LogP contribution in [0.3, 0.4) is 0 Å². The van der Waals surface area contributed by atoms with Gasteiger partial charge in [-0.25, -0.2) is 29.3 Å². The molecule has 20 heteroatoms. The molecule has 0 saturated carbocycles. The van der Waals surface area contributed by atoms with Gasteiger partial charge in [0.2, 0.25) is 0 Å². The van der Waals surface area contributed by atoms with Crippen LogP contribution in [0.15, 0.2) is 110 Å². The van der Waals surface area contributed by atoms with Crippen molar-refractivity contribution in [2.75, 3.05) is 13.2 Å². The third kappa shape index (κ3) is 11.2. The summed E-state index contributed by atoms with van der Waals surface area (Å²) < 4.78 is 23.1. The van der Waals surface area contributed by atoms with E-state index in [-0.39, 0.29) is 6.61 Å². The lowest BCUT2D eigenvalue weighted by Crippen LogP contribution is -2.22. The number of fused-ring (bicyclic) bond motifs is 4. The van der Waals surface area contributed by atoms with Crippen LogP contribution in [0.1, 0.15) is 27.3 Å². The highest BCUT2D eigenvalue weighted by atomic mass is 28.3. The maximum Gasteiger partial charge on any atom is 0.151 e. The molecule has 10 rings (SSSR count). The molecule has 1 N–H and O–H groups in total. The van der Waals surface area contributed by atoms with E-state index in [0.717, 1.165) is 104 Å². The largest absolute Gasteiger partial charge is 0.392 e. The topological polar surface area (TPSA) is 187 Å². The second-order valence-electron chi connectivity index (χ2n) is 19.4. The maximum atomic E-state index is 11.0. The minimum Gasteiger partial charge on any atom is -0.392 e. The Morgan fingerprint density at radius 3 is 1.60 bits per heavy atom. The Hall–Kier alpha value is -6.98. The van der Waals surface area contributed by atoms with Crippen LogP contribution in [-0.2, 0) is 42.6 Å². The molecule has 0 aliphatic heterocycles. The number of aromatic nitrogens is 14. The van der Waals surface area contributed by atoms with Gasteiger partial charge in [-0.2, -0.15) is 0 Å². The van der Waals surface area contributed by atoms with E-state index in [1.165, 1.54) is 0 Å². The van der Waals surface area contributed by atoms with E-state index >= 15 is 0 Å². The van der Waals surface area contributed by atoms with Crippen molar-refractivity contribution in [2.45, 2.75) is 84.5 Å². The number of hydrogen-bond donors (Lipinski definition) is 1. The third-order valence-electron chi connectivity index (χ3n) is 11.4. The highest BCUT2D eigenvalue weighted by Gasteiger charge is 2.16. The molecule has 10 aromatic rings. The molecule has 0 aliphatic rings. The number of imidazole rings is 2. The zero-order valence-electron chi connectivity index (χ0n) is 39.3. The summed E-state index contributed by atoms with van der Waals surface area (Å²) in [5.41, 5.74) is 9.88. The Labute approximate surface area is 394 Å². The maximum absolute atomic E-state index is 11.0. The molecular formula is C48H56N14O4Si2. The monoisotopic (exact) mass is 948 g/mol. The molecule has 0 bridgehead atoms. The second kappa shape index (κ2) is 19.7. The molecule has 0 fully saturated rings. The summed E-state index contributed by atoms with van der Waals surface area (Å²) in [5.74, 6) is 0. The lowest BCUT2D eigenvalue weighted by atomic mass is 10.2. The summed E-state index contributed by atoms with van der Waals surface area (Å²) >= 11 is 0. The van der Waals surface area contributed by atoms with E-state index in [9.17, 15) is 9.90 Å². The predicted molar refractivity (Wildman–Crippen MR) is 266 cm³/mol. The van der Waals surface area contributed by atoms with Crippen LogP contribution in [0, 0.1) is 0 Å². The number of nitrogens with zero attached hydrogens (tertiary/aromatic N) is 14. The normalized spacial score (nSPS) is 12.2. The lowest BCUT2D eigenvalue weighted by Gasteiger charge is -2.15. The van der Waals surface area contributed by atoms with Gasteiger partial charge in [-0.05, 0) is 60.1 Å². The van der Waals surface area contributed by atoms with Gasteiger partial charge < -0.3 is 32.5 Å². The molecule has 0 radical (unpaired) electrons. The fraction of sp³-hybridized carbons (Fsp3) is 0.312. The zero-order chi connectivity index (χ0) is 47.4. The number of carbonyl (C=O) groups excluding carboxylic acids is 1. The minimum atomic E-state index is -1.10. The Bertz CT molecular complexity index is 3330. The van der Waals surface area contributed by atoms with Crippen molar-refractivity contribution in [1.29, 1.82) is 0 Å². The van der Waals surface area contributed by atoms with Crippen LogP contribution in [-0.4, -0.2) is 109 Å². The van der Waals surface area contributed by atoms with E-state index in [1.807, 2.05) is 98.0 Å². The zero-order valence-corrected chi connectivity index (χ0v) is 41.3. The number of hydrogen-bond acceptors (Lipinski definition) is 12. The average Bonchev–Trinajstić information content (AvgIpc) is 4.19. The standard InChI is InChI=1S/C24H29N7O2Si.C24H27N7O2Si/c2*1-34(2,3)9-8-33-17-29-7-6-19-10-20(11-25-24(19)29)22-15-31(28-27-22)14-21-13-30-12-18(16-32)4-5-23(30)26-21/h4-7,10-13,15,32H,8-9,14,16-17H2,1-3H3;4-7,10-13,15-16H,8-9,14,17H2,1-3H3. The summed E-state index contributed by atoms with van der Waals surface area (Å²) in [6, 6.07) is 17.9. The molecule has 0 saturated heterocycles. The molecule has 350 valence electrons. The van der Waals surface area contributed by atoms with Crippen molar-refractivity contribution in [2.24, 2.45) is 0 Å². The number of ether oxygens (including phenoxy) is 2. The smallest absolute Gasteiger partial charge is 0.151 e. The van der Waals surface area contributed by atoms with Crippen LogP contribution in [0.25, 0.3) is 55.9 Å². The van der Waals surface area contributed by atoms with Crippen molar-refractivity contribution >= 4 is 55.8 Å². The number of pyridine rings is 4. The Morgan fingerprint density at radius 2 is 1.12 bits per heavy atom. The van der Waals surface area contributed by atoms with E-state index in [1.54, 1.807) is 21.6 Å². The summed E-state index contributed by atoms with van der Waals surface area (Å²) in [5, 5.41) is 28.6. The van der Waals surface area contributed by atoms with Crippen molar-refractivity contribution in [3.05, 3.63) is 133 Å². The molecule has 0 spiro atoms. The van der Waals surface area contributed by atoms with Gasteiger partial charge >= 0.3 is 0 Å². The fourth-order valence-electron chi connectivity index (χ4n) is 7.54. The van der Waals surface area contributed by atoms with E-state index in [2.05, 4.69) is 98.0 Å². The number of aliphatic hydroxyl groups is 1. The van der Waals surface area contributed by atoms with Crippen LogP contribution < -0.4 is 0 Å². The molecule has 0 aliphatic carbocycles. The Balaban J connectivity index is 0.000000170. The SMILES string of the molecule is C[Si](C)(C)CCOCn1ccc2cc(-c3cn(Cc4cn5cc(C=O)ccc5n4)nn3)cnc21.C[Si](C)(C)CCOCn1ccc2cc(-c3cn(Cc4cn5cc(CO)ccc5n4)nn3)cnc21. The van der Waals surface area contributed by atoms with Crippen molar-refractivity contribution in [3.63, 3.8) is 0 Å². The quantitative estimate of drug-likeness (QED) is 0.0498. The van der Waals surface area contributed by atoms with Gasteiger partial charge in [-0.15, -0.1) is 10.2 Å². The number of carbonyl (C=O) groups is 1. The van der Waals surface area contributed by atoms with Crippen LogP contribution in [0.5, 0.6) is 0 Å². The fourth-order valence-corrected chi connectivity index (χ4v) is 9.06. The van der Waals surface area contributed by atoms with Crippen molar-refractivity contribution in [1.82, 2.24) is 67.9 Å². The average molecular weight is 949 g/mol. The van der Waals surface area contributed by atoms with E-state index in [0.29, 0.717) is 32.1 Å². The number of rotatable bonds is 18. The van der Waals surface area contributed by atoms with Gasteiger partial charge in [-0.1, -0.05) is 55.8 Å². The van der Waals surface area contributed by atoms with Crippen LogP contribution >= 0.6 is 0 Å². The molecule has 68 heavy (non-hydrogen) atoms. The van der Waals surface area contributed by atoms with E-state index < -0.39 is 16.1 Å². The first-order valence-corrected chi connectivity index (χ1v) is 30.0. The second-order valence-corrected chi connectivity index (χ2v) is 30.7. The summed E-state index contributed by atoms with van der Waals surface area (Å²) in [6.45, 7) is 17.7. The summed E-state index contributed by atoms with van der Waals surface area (Å²) in [7, 11) is -2.19. The molecule has 10 heterocycles. The molecule has 18 nitrogen and oxygen atoms in total. The first kappa shape index (κ1) is 46.1. The van der Waals surface area contributed by atoms with Gasteiger partial charge in [0, 0.05) is 106 Å². The predicted octanol–water partition coefficient (Wildman–Crippen LogP) is 7.91. The first-order valence-electron chi connectivity index (χ1n) is 22.6. The molecule has 0 unspecified atom stereocenters. The van der Waals surface area contributed by atoms with E-state index in [4.69, 9.17) is 9.47 Å². The van der Waals surface area contributed by atoms with Crippen molar-refractivity contribution < 1.29 is 19.4 Å². The minimum absolute atomic E-state index is 0.00325. The highest BCUT2D eigenvalue weighted by Crippen LogP contribution is 2.24. The molecule has 10 aromatic heterocycles. The molecular weight excluding hydrogens is 893 g/mol. The molecule has 0 aromatic carbocycles. The molecule has 0 atom stereocenters. The van der Waals surface area contributed by atoms with Gasteiger partial charge in [-0.3, -0.25) is 4.79 Å². The van der Waals surface area contributed by atoms with Gasteiger partial charge in [0.05, 0.1) is 43.5 Å². The lowest BCUT2D eigenvalue weighted by molar-refractivity contribution is 0.0898. The number of aliphatic hydroxyl groups excluding tert-OH is 1. The highest BCUT2D eigenvalue weighted by molar-refractivity contribution is 6.76.